The van der Waals surface area contributed by atoms with E-state index in [9.17, 15) is 9.59 Å². The molecule has 0 aliphatic heterocycles. The predicted molar refractivity (Wildman–Crippen MR) is 125 cm³/mol. The largest absolute Gasteiger partial charge is 0.497 e. The van der Waals surface area contributed by atoms with E-state index in [1.165, 1.54) is 11.3 Å². The molecule has 1 fully saturated rings. The Hall–Kier alpha value is -3.22. The van der Waals surface area contributed by atoms with E-state index >= 15 is 0 Å². The number of H-pyrrole nitrogens is 1. The summed E-state index contributed by atoms with van der Waals surface area (Å²) in [6.07, 6.45) is 3.86. The van der Waals surface area contributed by atoms with E-state index in [-0.39, 0.29) is 23.8 Å². The third kappa shape index (κ3) is 5.59. The lowest BCUT2D eigenvalue weighted by Crippen LogP contribution is -2.27. The maximum Gasteiger partial charge on any atom is 0.287 e. The quantitative estimate of drug-likeness (QED) is 0.522. The lowest BCUT2D eigenvalue weighted by atomic mass is 9.83. The highest BCUT2D eigenvalue weighted by atomic mass is 32.1. The molecule has 0 spiro atoms. The van der Waals surface area contributed by atoms with Gasteiger partial charge in [-0.25, -0.2) is 4.98 Å². The molecule has 172 valence electrons. The Morgan fingerprint density at radius 1 is 1.33 bits per heavy atom. The van der Waals surface area contributed by atoms with Gasteiger partial charge in [0, 0.05) is 24.6 Å². The molecule has 9 heteroatoms. The summed E-state index contributed by atoms with van der Waals surface area (Å²) in [6.45, 7) is 1.23. The van der Waals surface area contributed by atoms with Gasteiger partial charge in [-0.2, -0.15) is 5.26 Å². The Morgan fingerprint density at radius 2 is 2.15 bits per heavy atom. The van der Waals surface area contributed by atoms with Crippen molar-refractivity contribution in [1.82, 2.24) is 15.3 Å². The van der Waals surface area contributed by atoms with Gasteiger partial charge in [-0.3, -0.25) is 9.59 Å². The summed E-state index contributed by atoms with van der Waals surface area (Å²) in [5, 5.41) is 14.1. The smallest absolute Gasteiger partial charge is 0.287 e. The molecule has 2 heterocycles. The van der Waals surface area contributed by atoms with Gasteiger partial charge in [-0.1, -0.05) is 12.1 Å². The lowest BCUT2D eigenvalue weighted by Gasteiger charge is -2.24. The molecule has 1 amide bonds. The van der Waals surface area contributed by atoms with Crippen molar-refractivity contribution in [2.75, 3.05) is 13.7 Å². The van der Waals surface area contributed by atoms with Gasteiger partial charge >= 0.3 is 0 Å². The highest BCUT2D eigenvalue weighted by molar-refractivity contribution is 7.16. The number of hydrogen-bond donors (Lipinski definition) is 2. The van der Waals surface area contributed by atoms with Gasteiger partial charge in [0.05, 0.1) is 25.2 Å². The minimum absolute atomic E-state index is 0.0148. The van der Waals surface area contributed by atoms with Crippen LogP contribution in [0.15, 0.2) is 34.4 Å². The summed E-state index contributed by atoms with van der Waals surface area (Å²) in [7, 11) is 1.59. The number of aromatic amines is 1. The zero-order valence-electron chi connectivity index (χ0n) is 18.4. The second-order valence-corrected chi connectivity index (χ2v) is 9.11. The van der Waals surface area contributed by atoms with Gasteiger partial charge in [0.2, 0.25) is 5.82 Å². The van der Waals surface area contributed by atoms with E-state index in [4.69, 9.17) is 14.7 Å². The van der Waals surface area contributed by atoms with Crippen LogP contribution in [0.4, 0.5) is 0 Å². The van der Waals surface area contributed by atoms with Gasteiger partial charge in [-0.15, -0.1) is 11.3 Å². The number of fused-ring (bicyclic) bond motifs is 1. The number of amides is 1. The van der Waals surface area contributed by atoms with Gasteiger partial charge in [0.1, 0.15) is 10.6 Å². The van der Waals surface area contributed by atoms with Crippen molar-refractivity contribution in [1.29, 1.82) is 5.26 Å². The van der Waals surface area contributed by atoms with Crippen LogP contribution in [-0.4, -0.2) is 29.6 Å². The fourth-order valence-electron chi connectivity index (χ4n) is 4.06. The average molecular weight is 467 g/mol. The molecular weight excluding hydrogens is 440 g/mol. The van der Waals surface area contributed by atoms with Gasteiger partial charge < -0.3 is 19.8 Å². The van der Waals surface area contributed by atoms with E-state index < -0.39 is 5.91 Å². The molecule has 0 unspecified atom stereocenters. The fraction of sp³-hybridized carbons (Fsp3) is 0.417. The Balaban J connectivity index is 1.36. The van der Waals surface area contributed by atoms with Crippen molar-refractivity contribution >= 4 is 27.5 Å². The monoisotopic (exact) mass is 466 g/mol. The zero-order chi connectivity index (χ0) is 23.2. The molecule has 4 rings (SSSR count). The van der Waals surface area contributed by atoms with Gasteiger partial charge in [0.25, 0.3) is 11.5 Å². The van der Waals surface area contributed by atoms with Gasteiger partial charge in [-0.05, 0) is 54.7 Å². The van der Waals surface area contributed by atoms with Crippen molar-refractivity contribution in [3.8, 4) is 11.8 Å². The summed E-state index contributed by atoms with van der Waals surface area (Å²) >= 11 is 1.32. The topological polar surface area (TPSA) is 117 Å². The van der Waals surface area contributed by atoms with Crippen LogP contribution in [0, 0.1) is 23.2 Å². The standard InChI is InChI=1S/C24H26N4O4S/c1-31-19-4-2-3-17(9-19)11-26-23(30)21-27-22(29)20-18(14-33-24(20)28-21)13-32-12-16-7-5-15(10-25)6-8-16/h2-4,9,14-16H,5-8,11-13H2,1H3,(H,26,30)(H,27,28,29). The van der Waals surface area contributed by atoms with Crippen molar-refractivity contribution < 1.29 is 14.3 Å². The number of nitrogens with zero attached hydrogens (tertiary/aromatic N) is 2. The second kappa shape index (κ2) is 10.6. The summed E-state index contributed by atoms with van der Waals surface area (Å²) in [5.41, 5.74) is 1.31. The van der Waals surface area contributed by atoms with Gasteiger partial charge in [0.15, 0.2) is 0 Å². The first-order valence-electron chi connectivity index (χ1n) is 11.0. The number of carbonyl (C=O) groups excluding carboxylic acids is 1. The first-order valence-corrected chi connectivity index (χ1v) is 11.8. The molecular formula is C24H26N4O4S. The number of ether oxygens (including phenoxy) is 2. The summed E-state index contributed by atoms with van der Waals surface area (Å²) < 4.78 is 11.1. The molecule has 0 saturated heterocycles. The number of carbonyl (C=O) groups is 1. The summed E-state index contributed by atoms with van der Waals surface area (Å²) in [6, 6.07) is 9.73. The number of nitriles is 1. The van der Waals surface area contributed by atoms with E-state index in [2.05, 4.69) is 21.4 Å². The second-order valence-electron chi connectivity index (χ2n) is 8.25. The normalized spacial score (nSPS) is 18.1. The number of methoxy groups -OCH3 is 1. The van der Waals surface area contributed by atoms with E-state index in [0.717, 1.165) is 36.8 Å². The first kappa shape index (κ1) is 23.0. The molecule has 0 bridgehead atoms. The molecule has 0 radical (unpaired) electrons. The van der Waals surface area contributed by atoms with Crippen LogP contribution < -0.4 is 15.6 Å². The summed E-state index contributed by atoms with van der Waals surface area (Å²) in [4.78, 5) is 32.7. The maximum atomic E-state index is 12.7. The Kier molecular flexibility index (Phi) is 7.37. The summed E-state index contributed by atoms with van der Waals surface area (Å²) in [5.74, 6) is 0.872. The highest BCUT2D eigenvalue weighted by Crippen LogP contribution is 2.29. The molecule has 1 aromatic carbocycles. The molecule has 3 aromatic rings. The number of hydrogen-bond acceptors (Lipinski definition) is 7. The number of rotatable bonds is 8. The molecule has 1 aliphatic rings. The molecule has 0 atom stereocenters. The minimum atomic E-state index is -0.448. The van der Waals surface area contributed by atoms with Crippen LogP contribution in [0.25, 0.3) is 10.2 Å². The van der Waals surface area contributed by atoms with Crippen molar-refractivity contribution in [2.24, 2.45) is 11.8 Å². The highest BCUT2D eigenvalue weighted by Gasteiger charge is 2.21. The lowest BCUT2D eigenvalue weighted by molar-refractivity contribution is 0.0711. The van der Waals surface area contributed by atoms with Crippen LogP contribution in [0.1, 0.15) is 47.4 Å². The third-order valence-electron chi connectivity index (χ3n) is 5.96. The molecule has 8 nitrogen and oxygen atoms in total. The molecule has 1 aliphatic carbocycles. The number of aromatic nitrogens is 2. The van der Waals surface area contributed by atoms with E-state index in [1.807, 2.05) is 29.6 Å². The Labute approximate surface area is 195 Å². The number of nitrogens with one attached hydrogen (secondary N) is 2. The molecule has 33 heavy (non-hydrogen) atoms. The maximum absolute atomic E-state index is 12.7. The van der Waals surface area contributed by atoms with E-state index in [1.54, 1.807) is 7.11 Å². The Bertz CT molecular complexity index is 1220. The van der Waals surface area contributed by atoms with E-state index in [0.29, 0.717) is 35.1 Å². The molecule has 1 saturated carbocycles. The average Bonchev–Trinajstić information content (AvgIpc) is 3.26. The molecule has 2 N–H and O–H groups in total. The van der Waals surface area contributed by atoms with Crippen LogP contribution in [0.3, 0.4) is 0 Å². The molecule has 2 aromatic heterocycles. The van der Waals surface area contributed by atoms with Crippen LogP contribution >= 0.6 is 11.3 Å². The fourth-order valence-corrected chi connectivity index (χ4v) is 4.99. The van der Waals surface area contributed by atoms with Crippen molar-refractivity contribution in [3.63, 3.8) is 0 Å². The third-order valence-corrected chi connectivity index (χ3v) is 6.88. The number of thiophene rings is 1. The van der Waals surface area contributed by atoms with Crippen molar-refractivity contribution in [2.45, 2.75) is 38.8 Å². The first-order chi connectivity index (χ1) is 16.1. The predicted octanol–water partition coefficient (Wildman–Crippen LogP) is 3.77. The Morgan fingerprint density at radius 3 is 2.91 bits per heavy atom. The SMILES string of the molecule is COc1cccc(CNC(=O)c2nc3scc(COCC4CCC(C#N)CC4)c3c(=O)[nH]2)c1. The van der Waals surface area contributed by atoms with Crippen LogP contribution in [0.2, 0.25) is 0 Å². The van der Waals surface area contributed by atoms with Crippen molar-refractivity contribution in [3.05, 3.63) is 57.0 Å². The number of benzene rings is 1. The van der Waals surface area contributed by atoms with Crippen LogP contribution in [-0.2, 0) is 17.9 Å². The van der Waals surface area contributed by atoms with Crippen LogP contribution in [0.5, 0.6) is 5.75 Å². The minimum Gasteiger partial charge on any atom is -0.497 e. The zero-order valence-corrected chi connectivity index (χ0v) is 19.2.